The third-order valence-electron chi connectivity index (χ3n) is 3.72. The summed E-state index contributed by atoms with van der Waals surface area (Å²) < 4.78 is 51.8. The predicted octanol–water partition coefficient (Wildman–Crippen LogP) is 5.18. The van der Waals surface area contributed by atoms with E-state index in [9.17, 15) is 17.6 Å². The van der Waals surface area contributed by atoms with Crippen LogP contribution < -0.4 is 5.32 Å². The van der Waals surface area contributed by atoms with Crippen LogP contribution in [0.5, 0.6) is 0 Å². The Balaban J connectivity index is 1.96. The molecule has 0 amide bonds. The monoisotopic (exact) mass is 335 g/mol. The summed E-state index contributed by atoms with van der Waals surface area (Å²) in [5.74, 6) is -2.05. The molecule has 0 aliphatic heterocycles. The fourth-order valence-electron chi connectivity index (χ4n) is 2.36. The minimum absolute atomic E-state index is 0.103. The van der Waals surface area contributed by atoms with E-state index in [1.807, 2.05) is 0 Å². The summed E-state index contributed by atoms with van der Waals surface area (Å²) in [4.78, 5) is 0. The maximum atomic E-state index is 13.0. The Kier molecular flexibility index (Phi) is 4.09. The van der Waals surface area contributed by atoms with Gasteiger partial charge < -0.3 is 5.32 Å². The molecule has 3 aromatic rings. The SMILES string of the molecule is CC(c1nncc2cc(Nc3ccc(F)cc3)ccc12)C(F)(F)F. The molecule has 0 saturated carbocycles. The molecular weight excluding hydrogens is 322 g/mol. The highest BCUT2D eigenvalue weighted by Gasteiger charge is 2.39. The molecule has 1 heterocycles. The maximum Gasteiger partial charge on any atom is 0.397 e. The zero-order valence-electron chi connectivity index (χ0n) is 12.6. The fraction of sp³-hybridized carbons (Fsp3) is 0.176. The van der Waals surface area contributed by atoms with Crippen LogP contribution in [-0.4, -0.2) is 16.4 Å². The number of hydrogen-bond donors (Lipinski definition) is 1. The van der Waals surface area contributed by atoms with Crippen LogP contribution in [0.1, 0.15) is 18.5 Å². The molecular formula is C17H13F4N3. The number of halogens is 4. The third kappa shape index (κ3) is 3.29. The molecule has 1 aromatic heterocycles. The van der Waals surface area contributed by atoms with E-state index in [0.717, 1.165) is 6.92 Å². The molecule has 124 valence electrons. The van der Waals surface area contributed by atoms with Crippen molar-refractivity contribution in [3.63, 3.8) is 0 Å². The highest BCUT2D eigenvalue weighted by molar-refractivity contribution is 5.87. The zero-order valence-corrected chi connectivity index (χ0v) is 12.6. The second kappa shape index (κ2) is 6.07. The van der Waals surface area contributed by atoms with Gasteiger partial charge in [-0.1, -0.05) is 6.07 Å². The summed E-state index contributed by atoms with van der Waals surface area (Å²) >= 11 is 0. The van der Waals surface area contributed by atoms with Crippen molar-refractivity contribution in [2.24, 2.45) is 0 Å². The van der Waals surface area contributed by atoms with Gasteiger partial charge in [0.1, 0.15) is 5.82 Å². The van der Waals surface area contributed by atoms with E-state index in [4.69, 9.17) is 0 Å². The maximum absolute atomic E-state index is 13.0. The molecule has 0 saturated heterocycles. The van der Waals surface area contributed by atoms with Gasteiger partial charge in [0.25, 0.3) is 0 Å². The Morgan fingerprint density at radius 1 is 1.00 bits per heavy atom. The van der Waals surface area contributed by atoms with E-state index in [-0.39, 0.29) is 11.5 Å². The van der Waals surface area contributed by atoms with Gasteiger partial charge in [0.2, 0.25) is 0 Å². The van der Waals surface area contributed by atoms with Crippen molar-refractivity contribution in [2.75, 3.05) is 5.32 Å². The van der Waals surface area contributed by atoms with E-state index in [0.29, 0.717) is 22.1 Å². The first-order valence-electron chi connectivity index (χ1n) is 7.19. The summed E-state index contributed by atoms with van der Waals surface area (Å²) in [5.41, 5.74) is 1.22. The summed E-state index contributed by atoms with van der Waals surface area (Å²) in [6.45, 7) is 1.06. The molecule has 2 aromatic carbocycles. The second-order valence-electron chi connectivity index (χ2n) is 5.43. The molecule has 0 aliphatic carbocycles. The van der Waals surface area contributed by atoms with Crippen molar-refractivity contribution in [1.82, 2.24) is 10.2 Å². The standard InChI is InChI=1S/C17H13F4N3/c1-10(17(19,20)21)16-15-7-6-14(8-11(15)9-22-24-16)23-13-4-2-12(18)3-5-13/h2-10,23H,1H3. The number of nitrogens with one attached hydrogen (secondary N) is 1. The average molecular weight is 335 g/mol. The molecule has 0 spiro atoms. The average Bonchev–Trinajstić information content (AvgIpc) is 2.55. The minimum Gasteiger partial charge on any atom is -0.356 e. The lowest BCUT2D eigenvalue weighted by molar-refractivity contribution is -0.146. The minimum atomic E-state index is -4.38. The van der Waals surface area contributed by atoms with Crippen LogP contribution in [0.2, 0.25) is 0 Å². The Hall–Kier alpha value is -2.70. The van der Waals surface area contributed by atoms with Crippen LogP contribution in [0.3, 0.4) is 0 Å². The van der Waals surface area contributed by atoms with Gasteiger partial charge >= 0.3 is 6.18 Å². The van der Waals surface area contributed by atoms with E-state index in [1.165, 1.54) is 18.3 Å². The van der Waals surface area contributed by atoms with Gasteiger partial charge in [0.05, 0.1) is 17.8 Å². The van der Waals surface area contributed by atoms with Crippen molar-refractivity contribution >= 4 is 22.1 Å². The van der Waals surface area contributed by atoms with Crippen LogP contribution in [0, 0.1) is 5.82 Å². The van der Waals surface area contributed by atoms with Gasteiger partial charge in [-0.25, -0.2) is 4.39 Å². The van der Waals surface area contributed by atoms with Crippen molar-refractivity contribution < 1.29 is 17.6 Å². The molecule has 24 heavy (non-hydrogen) atoms. The highest BCUT2D eigenvalue weighted by Crippen LogP contribution is 2.36. The van der Waals surface area contributed by atoms with Crippen molar-refractivity contribution in [1.29, 1.82) is 0 Å². The van der Waals surface area contributed by atoms with Crippen LogP contribution >= 0.6 is 0 Å². The molecule has 3 rings (SSSR count). The third-order valence-corrected chi connectivity index (χ3v) is 3.72. The topological polar surface area (TPSA) is 37.8 Å². The molecule has 1 unspecified atom stereocenters. The Morgan fingerprint density at radius 3 is 2.33 bits per heavy atom. The van der Waals surface area contributed by atoms with Crippen molar-refractivity contribution in [2.45, 2.75) is 19.0 Å². The van der Waals surface area contributed by atoms with Gasteiger partial charge in [-0.2, -0.15) is 23.4 Å². The number of fused-ring (bicyclic) bond motifs is 1. The van der Waals surface area contributed by atoms with Crippen molar-refractivity contribution in [3.8, 4) is 0 Å². The second-order valence-corrected chi connectivity index (χ2v) is 5.43. The van der Waals surface area contributed by atoms with Gasteiger partial charge in [-0.3, -0.25) is 0 Å². The number of hydrogen-bond acceptors (Lipinski definition) is 3. The lowest BCUT2D eigenvalue weighted by Crippen LogP contribution is -2.19. The zero-order chi connectivity index (χ0) is 17.3. The lowest BCUT2D eigenvalue weighted by atomic mass is 10.0. The first-order chi connectivity index (χ1) is 11.3. The lowest BCUT2D eigenvalue weighted by Gasteiger charge is -2.16. The first-order valence-corrected chi connectivity index (χ1v) is 7.19. The first kappa shape index (κ1) is 16.2. The van der Waals surface area contributed by atoms with Crippen molar-refractivity contribution in [3.05, 3.63) is 60.2 Å². The van der Waals surface area contributed by atoms with Gasteiger partial charge in [0, 0.05) is 22.1 Å². The number of alkyl halides is 3. The van der Waals surface area contributed by atoms with Gasteiger partial charge in [0.15, 0.2) is 0 Å². The molecule has 1 atom stereocenters. The number of aromatic nitrogens is 2. The van der Waals surface area contributed by atoms with Crippen LogP contribution in [-0.2, 0) is 0 Å². The molecule has 3 nitrogen and oxygen atoms in total. The van der Waals surface area contributed by atoms with Crippen LogP contribution in [0.15, 0.2) is 48.7 Å². The van der Waals surface area contributed by atoms with Crippen LogP contribution in [0.4, 0.5) is 28.9 Å². The number of nitrogens with zero attached hydrogens (tertiary/aromatic N) is 2. The predicted molar refractivity (Wildman–Crippen MR) is 83.7 cm³/mol. The molecule has 0 aliphatic rings. The van der Waals surface area contributed by atoms with Gasteiger partial charge in [-0.15, -0.1) is 0 Å². The number of anilines is 2. The van der Waals surface area contributed by atoms with E-state index in [1.54, 1.807) is 30.3 Å². The smallest absolute Gasteiger partial charge is 0.356 e. The Morgan fingerprint density at radius 2 is 1.67 bits per heavy atom. The molecule has 0 radical (unpaired) electrons. The normalized spacial score (nSPS) is 13.0. The number of benzene rings is 2. The largest absolute Gasteiger partial charge is 0.397 e. The molecule has 0 bridgehead atoms. The molecule has 0 fully saturated rings. The van der Waals surface area contributed by atoms with E-state index < -0.39 is 12.1 Å². The van der Waals surface area contributed by atoms with E-state index in [2.05, 4.69) is 15.5 Å². The summed E-state index contributed by atoms with van der Waals surface area (Å²) in [6, 6.07) is 10.7. The summed E-state index contributed by atoms with van der Waals surface area (Å²) in [5, 5.41) is 11.4. The number of rotatable bonds is 3. The molecule has 7 heteroatoms. The van der Waals surface area contributed by atoms with Gasteiger partial charge in [-0.05, 0) is 43.3 Å². The van der Waals surface area contributed by atoms with Crippen LogP contribution in [0.25, 0.3) is 10.8 Å². The van der Waals surface area contributed by atoms with E-state index >= 15 is 0 Å². The Bertz CT molecular complexity index is 860. The molecule has 1 N–H and O–H groups in total. The quantitative estimate of drug-likeness (QED) is 0.670. The highest BCUT2D eigenvalue weighted by atomic mass is 19.4. The fourth-order valence-corrected chi connectivity index (χ4v) is 2.36. The Labute approximate surface area is 135 Å². The summed E-state index contributed by atoms with van der Waals surface area (Å²) in [7, 11) is 0. The summed E-state index contributed by atoms with van der Waals surface area (Å²) in [6.07, 6.45) is -2.97.